The summed E-state index contributed by atoms with van der Waals surface area (Å²) < 4.78 is 0.752. The van der Waals surface area contributed by atoms with E-state index >= 15 is 0 Å². The van der Waals surface area contributed by atoms with Gasteiger partial charge in [-0.25, -0.2) is 0 Å². The van der Waals surface area contributed by atoms with Crippen LogP contribution in [0.5, 0.6) is 0 Å². The van der Waals surface area contributed by atoms with Crippen LogP contribution in [0.3, 0.4) is 0 Å². The molecule has 0 unspecified atom stereocenters. The predicted octanol–water partition coefficient (Wildman–Crippen LogP) is 4.34. The Kier molecular flexibility index (Phi) is 3.92. The summed E-state index contributed by atoms with van der Waals surface area (Å²) in [5.74, 6) is 0. The molecule has 98 valence electrons. The van der Waals surface area contributed by atoms with Crippen LogP contribution < -0.4 is 11.1 Å². The number of nitrogens with one attached hydrogen (secondary N) is 1. The molecule has 0 saturated heterocycles. The second-order valence-electron chi connectivity index (χ2n) is 3.75. The van der Waals surface area contributed by atoms with E-state index in [1.807, 2.05) is 0 Å². The molecular formula is C12H9BrClN3O2. The number of nitrogens with zero attached hydrogens (tertiary/aromatic N) is 1. The normalized spacial score (nSPS) is 10.2. The van der Waals surface area contributed by atoms with E-state index in [9.17, 15) is 10.1 Å². The van der Waals surface area contributed by atoms with Crippen molar-refractivity contribution < 1.29 is 4.92 Å². The second-order valence-corrected chi connectivity index (χ2v) is 5.02. The lowest BCUT2D eigenvalue weighted by molar-refractivity contribution is -0.383. The van der Waals surface area contributed by atoms with E-state index in [4.69, 9.17) is 17.3 Å². The molecule has 19 heavy (non-hydrogen) atoms. The number of halogens is 2. The van der Waals surface area contributed by atoms with E-state index < -0.39 is 4.92 Å². The maximum Gasteiger partial charge on any atom is 0.315 e. The molecule has 0 amide bonds. The molecule has 2 rings (SSSR count). The Hall–Kier alpha value is -1.79. The monoisotopic (exact) mass is 341 g/mol. The second kappa shape index (κ2) is 5.46. The van der Waals surface area contributed by atoms with Crippen LogP contribution in [0.2, 0.25) is 5.02 Å². The minimum Gasteiger partial charge on any atom is -0.393 e. The number of hydrogen-bond donors (Lipinski definition) is 2. The fourth-order valence-corrected chi connectivity index (χ4v) is 2.02. The Labute approximate surface area is 122 Å². The zero-order valence-corrected chi connectivity index (χ0v) is 11.9. The van der Waals surface area contributed by atoms with Crippen molar-refractivity contribution in [2.45, 2.75) is 0 Å². The van der Waals surface area contributed by atoms with Crippen LogP contribution in [-0.2, 0) is 0 Å². The number of nitro benzene ring substituents is 1. The van der Waals surface area contributed by atoms with Crippen molar-refractivity contribution in [1.82, 2.24) is 0 Å². The van der Waals surface area contributed by atoms with Crippen molar-refractivity contribution >= 4 is 50.3 Å². The Morgan fingerprint density at radius 3 is 2.68 bits per heavy atom. The van der Waals surface area contributed by atoms with Crippen molar-refractivity contribution in [3.05, 3.63) is 56.0 Å². The molecule has 5 nitrogen and oxygen atoms in total. The lowest BCUT2D eigenvalue weighted by Crippen LogP contribution is -2.00. The van der Waals surface area contributed by atoms with Gasteiger partial charge in [-0.2, -0.15) is 0 Å². The molecule has 0 radical (unpaired) electrons. The average molecular weight is 343 g/mol. The first-order valence-electron chi connectivity index (χ1n) is 5.24. The minimum atomic E-state index is -0.516. The third-order valence-corrected chi connectivity index (χ3v) is 3.68. The van der Waals surface area contributed by atoms with Crippen LogP contribution in [0.1, 0.15) is 0 Å². The van der Waals surface area contributed by atoms with Crippen molar-refractivity contribution in [3.8, 4) is 0 Å². The highest BCUT2D eigenvalue weighted by Gasteiger charge is 2.17. The summed E-state index contributed by atoms with van der Waals surface area (Å²) in [7, 11) is 0. The van der Waals surface area contributed by atoms with E-state index in [1.54, 1.807) is 30.3 Å². The summed E-state index contributed by atoms with van der Waals surface area (Å²) in [6.45, 7) is 0. The molecule has 0 aliphatic heterocycles. The molecule has 0 aliphatic carbocycles. The van der Waals surface area contributed by atoms with Crippen molar-refractivity contribution in [1.29, 1.82) is 0 Å². The highest BCUT2D eigenvalue weighted by atomic mass is 79.9. The summed E-state index contributed by atoms with van der Waals surface area (Å²) in [6.07, 6.45) is 0. The molecule has 0 saturated carbocycles. The Morgan fingerprint density at radius 1 is 1.32 bits per heavy atom. The number of nitrogen functional groups attached to an aromatic ring is 1. The van der Waals surface area contributed by atoms with Gasteiger partial charge in [-0.15, -0.1) is 0 Å². The standard InChI is InChI=1S/C12H9BrClN3O2/c13-8-5-4-7(6-9(8)14)16-11-3-1-2-10(15)12(11)17(18)19/h1-6,16H,15H2. The molecule has 0 aliphatic rings. The van der Waals surface area contributed by atoms with Crippen molar-refractivity contribution in [2.75, 3.05) is 11.1 Å². The molecule has 3 N–H and O–H groups in total. The van der Waals surface area contributed by atoms with Crippen LogP contribution >= 0.6 is 27.5 Å². The van der Waals surface area contributed by atoms with Gasteiger partial charge in [-0.1, -0.05) is 17.7 Å². The van der Waals surface area contributed by atoms with E-state index in [1.165, 1.54) is 6.07 Å². The van der Waals surface area contributed by atoms with Gasteiger partial charge in [0.05, 0.1) is 9.95 Å². The number of para-hydroxylation sites is 1. The highest BCUT2D eigenvalue weighted by molar-refractivity contribution is 9.10. The van der Waals surface area contributed by atoms with Crippen LogP contribution in [0.25, 0.3) is 0 Å². The Morgan fingerprint density at radius 2 is 2.05 bits per heavy atom. The molecule has 2 aromatic carbocycles. The van der Waals surface area contributed by atoms with E-state index in [-0.39, 0.29) is 11.4 Å². The molecule has 0 spiro atoms. The van der Waals surface area contributed by atoms with Gasteiger partial charge in [0.1, 0.15) is 11.4 Å². The molecule has 0 fully saturated rings. The first kappa shape index (κ1) is 13.6. The van der Waals surface area contributed by atoms with Gasteiger partial charge >= 0.3 is 5.69 Å². The molecule has 0 bridgehead atoms. The summed E-state index contributed by atoms with van der Waals surface area (Å²) in [5, 5.41) is 14.5. The van der Waals surface area contributed by atoms with Gasteiger partial charge in [0.25, 0.3) is 0 Å². The van der Waals surface area contributed by atoms with E-state index in [0.717, 1.165) is 4.47 Å². The Balaban J connectivity index is 2.40. The first-order chi connectivity index (χ1) is 8.99. The van der Waals surface area contributed by atoms with Crippen LogP contribution in [0.4, 0.5) is 22.7 Å². The average Bonchev–Trinajstić information content (AvgIpc) is 2.33. The maximum atomic E-state index is 11.0. The number of nitrogens with two attached hydrogens (primary N) is 1. The molecule has 7 heteroatoms. The van der Waals surface area contributed by atoms with Gasteiger partial charge in [0.2, 0.25) is 0 Å². The molecule has 0 heterocycles. The van der Waals surface area contributed by atoms with Crippen molar-refractivity contribution in [3.63, 3.8) is 0 Å². The number of hydrogen-bond acceptors (Lipinski definition) is 4. The molecule has 2 aromatic rings. The van der Waals surface area contributed by atoms with Gasteiger partial charge in [-0.05, 0) is 46.3 Å². The summed E-state index contributed by atoms with van der Waals surface area (Å²) >= 11 is 9.24. The Bertz CT molecular complexity index is 649. The number of anilines is 3. The van der Waals surface area contributed by atoms with Crippen molar-refractivity contribution in [2.24, 2.45) is 0 Å². The van der Waals surface area contributed by atoms with Gasteiger partial charge in [-0.3, -0.25) is 10.1 Å². The summed E-state index contributed by atoms with van der Waals surface area (Å²) in [6, 6.07) is 9.89. The van der Waals surface area contributed by atoms with Gasteiger partial charge < -0.3 is 11.1 Å². The van der Waals surface area contributed by atoms with E-state index in [2.05, 4.69) is 21.2 Å². The molecule has 0 aromatic heterocycles. The summed E-state index contributed by atoms with van der Waals surface area (Å²) in [5.41, 5.74) is 6.54. The molecule has 0 atom stereocenters. The lowest BCUT2D eigenvalue weighted by Gasteiger charge is -2.09. The maximum absolute atomic E-state index is 11.0. The third-order valence-electron chi connectivity index (χ3n) is 2.45. The number of benzene rings is 2. The van der Waals surface area contributed by atoms with Gasteiger partial charge in [0, 0.05) is 10.2 Å². The van der Waals surface area contributed by atoms with Crippen LogP contribution in [0, 0.1) is 10.1 Å². The zero-order valence-electron chi connectivity index (χ0n) is 9.56. The van der Waals surface area contributed by atoms with E-state index in [0.29, 0.717) is 16.4 Å². The lowest BCUT2D eigenvalue weighted by atomic mass is 10.2. The van der Waals surface area contributed by atoms with Gasteiger partial charge in [0.15, 0.2) is 0 Å². The SMILES string of the molecule is Nc1cccc(Nc2ccc(Br)c(Cl)c2)c1[N+](=O)[O-]. The molecular weight excluding hydrogens is 334 g/mol. The zero-order chi connectivity index (χ0) is 14.0. The van der Waals surface area contributed by atoms with Crippen LogP contribution in [-0.4, -0.2) is 4.92 Å². The van der Waals surface area contributed by atoms with Crippen LogP contribution in [0.15, 0.2) is 40.9 Å². The number of nitro groups is 1. The predicted molar refractivity (Wildman–Crippen MR) is 79.9 cm³/mol. The largest absolute Gasteiger partial charge is 0.393 e. The highest BCUT2D eigenvalue weighted by Crippen LogP contribution is 2.34. The number of rotatable bonds is 3. The summed E-state index contributed by atoms with van der Waals surface area (Å²) in [4.78, 5) is 10.5. The first-order valence-corrected chi connectivity index (χ1v) is 6.41. The minimum absolute atomic E-state index is 0.109. The third kappa shape index (κ3) is 2.97. The quantitative estimate of drug-likeness (QED) is 0.494. The fraction of sp³-hybridized carbons (Fsp3) is 0. The smallest absolute Gasteiger partial charge is 0.315 e. The topological polar surface area (TPSA) is 81.2 Å². The fourth-order valence-electron chi connectivity index (χ4n) is 1.60.